The molecule has 0 fully saturated rings. The number of hydrogen-bond acceptors (Lipinski definition) is 1. The summed E-state index contributed by atoms with van der Waals surface area (Å²) < 4.78 is 2.38. The third-order valence-electron chi connectivity index (χ3n) is 11.5. The monoisotopic (exact) mass is 692 g/mol. The normalized spacial score (nSPS) is 12.9. The lowest BCUT2D eigenvalue weighted by atomic mass is 9.82. The van der Waals surface area contributed by atoms with Crippen LogP contribution in [-0.4, -0.2) is 4.57 Å². The third kappa shape index (κ3) is 5.17. The van der Waals surface area contributed by atoms with Crippen LogP contribution in [0.2, 0.25) is 0 Å². The van der Waals surface area contributed by atoms with Crippen LogP contribution < -0.4 is 4.90 Å². The molecule has 0 atom stereocenters. The SMILES string of the molecule is Cc1ccc(-n2c3ccccc3c3cc(-c4ccc(N(c5ccc(-c6ccccc6)cc5)c5ccc6c(c5)C(C)(C)c5ccccc5-6)cc4)ccc32)cc1. The van der Waals surface area contributed by atoms with Gasteiger partial charge in [-0.15, -0.1) is 0 Å². The lowest BCUT2D eigenvalue weighted by molar-refractivity contribution is 0.660. The topological polar surface area (TPSA) is 8.17 Å². The molecule has 258 valence electrons. The van der Waals surface area contributed by atoms with Crippen LogP contribution in [0.25, 0.3) is 60.9 Å². The minimum Gasteiger partial charge on any atom is -0.310 e. The van der Waals surface area contributed by atoms with Crippen molar-refractivity contribution < 1.29 is 0 Å². The molecule has 0 radical (unpaired) electrons. The molecule has 2 heteroatoms. The zero-order chi connectivity index (χ0) is 36.4. The minimum atomic E-state index is -0.0874. The van der Waals surface area contributed by atoms with Gasteiger partial charge in [-0.2, -0.15) is 0 Å². The van der Waals surface area contributed by atoms with Crippen molar-refractivity contribution in [1.82, 2.24) is 4.57 Å². The molecular formula is C52H40N2. The zero-order valence-electron chi connectivity index (χ0n) is 30.8. The van der Waals surface area contributed by atoms with E-state index in [1.807, 2.05) is 0 Å². The Balaban J connectivity index is 1.06. The molecule has 0 unspecified atom stereocenters. The number of aryl methyl sites for hydroxylation is 1. The van der Waals surface area contributed by atoms with E-state index in [0.29, 0.717) is 0 Å². The number of rotatable bonds is 6. The van der Waals surface area contributed by atoms with Crippen LogP contribution >= 0.6 is 0 Å². The first-order valence-electron chi connectivity index (χ1n) is 18.8. The van der Waals surface area contributed by atoms with Gasteiger partial charge in [-0.25, -0.2) is 0 Å². The molecule has 1 aliphatic carbocycles. The molecule has 0 saturated heterocycles. The Morgan fingerprint density at radius 2 is 0.963 bits per heavy atom. The van der Waals surface area contributed by atoms with E-state index in [2.05, 4.69) is 218 Å². The fourth-order valence-corrected chi connectivity index (χ4v) is 8.64. The number of fused-ring (bicyclic) bond motifs is 6. The summed E-state index contributed by atoms with van der Waals surface area (Å²) in [6.45, 7) is 6.84. The van der Waals surface area contributed by atoms with E-state index < -0.39 is 0 Å². The summed E-state index contributed by atoms with van der Waals surface area (Å²) in [7, 11) is 0. The highest BCUT2D eigenvalue weighted by molar-refractivity contribution is 6.10. The maximum absolute atomic E-state index is 2.41. The van der Waals surface area contributed by atoms with E-state index in [-0.39, 0.29) is 5.41 Å². The van der Waals surface area contributed by atoms with Gasteiger partial charge in [0.1, 0.15) is 0 Å². The molecule has 10 rings (SSSR count). The molecule has 0 bridgehead atoms. The van der Waals surface area contributed by atoms with Crippen molar-refractivity contribution in [2.75, 3.05) is 4.90 Å². The van der Waals surface area contributed by atoms with Gasteiger partial charge in [0.15, 0.2) is 0 Å². The van der Waals surface area contributed by atoms with Gasteiger partial charge in [0.05, 0.1) is 11.0 Å². The van der Waals surface area contributed by atoms with Gasteiger partial charge in [-0.1, -0.05) is 141 Å². The molecule has 1 aliphatic rings. The highest BCUT2D eigenvalue weighted by Crippen LogP contribution is 2.50. The Kier molecular flexibility index (Phi) is 7.42. The van der Waals surface area contributed by atoms with Gasteiger partial charge in [-0.05, 0) is 118 Å². The highest BCUT2D eigenvalue weighted by Gasteiger charge is 2.35. The molecule has 0 amide bonds. The Hall–Kier alpha value is -6.64. The molecule has 1 aromatic heterocycles. The zero-order valence-corrected chi connectivity index (χ0v) is 30.8. The van der Waals surface area contributed by atoms with Crippen molar-refractivity contribution in [3.63, 3.8) is 0 Å². The van der Waals surface area contributed by atoms with Crippen molar-refractivity contribution in [3.8, 4) is 39.1 Å². The largest absolute Gasteiger partial charge is 0.310 e. The second kappa shape index (κ2) is 12.5. The number of nitrogens with zero attached hydrogens (tertiary/aromatic N) is 2. The van der Waals surface area contributed by atoms with Gasteiger partial charge < -0.3 is 9.47 Å². The molecule has 0 N–H and O–H groups in total. The van der Waals surface area contributed by atoms with Crippen molar-refractivity contribution in [2.24, 2.45) is 0 Å². The van der Waals surface area contributed by atoms with E-state index in [9.17, 15) is 0 Å². The Labute approximate surface area is 317 Å². The average Bonchev–Trinajstić information content (AvgIpc) is 3.67. The van der Waals surface area contributed by atoms with Crippen LogP contribution in [0, 0.1) is 6.92 Å². The van der Waals surface area contributed by atoms with Crippen LogP contribution in [-0.2, 0) is 5.41 Å². The van der Waals surface area contributed by atoms with Gasteiger partial charge in [0.25, 0.3) is 0 Å². The fourth-order valence-electron chi connectivity index (χ4n) is 8.64. The summed E-state index contributed by atoms with van der Waals surface area (Å²) in [5.74, 6) is 0. The minimum absolute atomic E-state index is 0.0874. The molecule has 0 saturated carbocycles. The molecule has 9 aromatic rings. The van der Waals surface area contributed by atoms with Crippen molar-refractivity contribution >= 4 is 38.9 Å². The lowest BCUT2D eigenvalue weighted by Crippen LogP contribution is -2.16. The third-order valence-corrected chi connectivity index (χ3v) is 11.5. The van der Waals surface area contributed by atoms with E-state index in [1.165, 1.54) is 77.6 Å². The smallest absolute Gasteiger partial charge is 0.0541 e. The van der Waals surface area contributed by atoms with Crippen LogP contribution in [0.3, 0.4) is 0 Å². The quantitative estimate of drug-likeness (QED) is 0.168. The predicted molar refractivity (Wildman–Crippen MR) is 229 cm³/mol. The molecule has 2 nitrogen and oxygen atoms in total. The van der Waals surface area contributed by atoms with Crippen LogP contribution in [0.1, 0.15) is 30.5 Å². The van der Waals surface area contributed by atoms with E-state index in [4.69, 9.17) is 0 Å². The van der Waals surface area contributed by atoms with Crippen LogP contribution in [0.15, 0.2) is 188 Å². The molecule has 8 aromatic carbocycles. The number of aromatic nitrogens is 1. The second-order valence-electron chi connectivity index (χ2n) is 15.1. The second-order valence-corrected chi connectivity index (χ2v) is 15.1. The molecule has 1 heterocycles. The number of hydrogen-bond donors (Lipinski definition) is 0. The number of para-hydroxylation sites is 1. The highest BCUT2D eigenvalue weighted by atomic mass is 15.1. The van der Waals surface area contributed by atoms with Crippen LogP contribution in [0.5, 0.6) is 0 Å². The summed E-state index contributed by atoms with van der Waals surface area (Å²) in [5, 5.41) is 2.52. The van der Waals surface area contributed by atoms with Crippen molar-refractivity contribution in [2.45, 2.75) is 26.2 Å². The average molecular weight is 693 g/mol. The maximum atomic E-state index is 2.41. The standard InChI is InChI=1S/C52H40N2/c1-35-17-24-42(25-18-35)54-50-16-10-8-14-46(50)47-33-39(23-32-51(47)54)38-21-28-41(29-22-38)53(40-26-19-37(20-27-40)36-11-5-4-6-12-36)43-30-31-45-44-13-7-9-15-48(44)52(2,3)49(45)34-43/h4-34H,1-3H3. The van der Waals surface area contributed by atoms with E-state index in [0.717, 1.165) is 17.1 Å². The van der Waals surface area contributed by atoms with Gasteiger partial charge in [0.2, 0.25) is 0 Å². The number of benzene rings is 8. The van der Waals surface area contributed by atoms with Crippen LogP contribution in [0.4, 0.5) is 17.1 Å². The fraction of sp³-hybridized carbons (Fsp3) is 0.0769. The first kappa shape index (κ1) is 32.0. The molecule has 0 spiro atoms. The molecule has 54 heavy (non-hydrogen) atoms. The van der Waals surface area contributed by atoms with Gasteiger partial charge in [-0.3, -0.25) is 0 Å². The van der Waals surface area contributed by atoms with E-state index in [1.54, 1.807) is 0 Å². The first-order chi connectivity index (χ1) is 26.4. The summed E-state index contributed by atoms with van der Waals surface area (Å²) in [6, 6.07) is 69.0. The predicted octanol–water partition coefficient (Wildman–Crippen LogP) is 14.2. The maximum Gasteiger partial charge on any atom is 0.0541 e. The Morgan fingerprint density at radius 1 is 0.407 bits per heavy atom. The van der Waals surface area contributed by atoms with Crippen molar-refractivity contribution in [1.29, 1.82) is 0 Å². The Bertz CT molecular complexity index is 2820. The van der Waals surface area contributed by atoms with Crippen molar-refractivity contribution in [3.05, 3.63) is 205 Å². The number of anilines is 3. The summed E-state index contributed by atoms with van der Waals surface area (Å²) in [6.07, 6.45) is 0. The summed E-state index contributed by atoms with van der Waals surface area (Å²) in [5.41, 5.74) is 18.4. The van der Waals surface area contributed by atoms with E-state index >= 15 is 0 Å². The molecule has 0 aliphatic heterocycles. The van der Waals surface area contributed by atoms with Gasteiger partial charge >= 0.3 is 0 Å². The summed E-state index contributed by atoms with van der Waals surface area (Å²) in [4.78, 5) is 2.40. The first-order valence-corrected chi connectivity index (χ1v) is 18.8. The lowest BCUT2D eigenvalue weighted by Gasteiger charge is -2.28. The van der Waals surface area contributed by atoms with Gasteiger partial charge in [0, 0.05) is 38.9 Å². The molecular weight excluding hydrogens is 653 g/mol. The Morgan fingerprint density at radius 3 is 1.70 bits per heavy atom. The summed E-state index contributed by atoms with van der Waals surface area (Å²) >= 11 is 0.